The topological polar surface area (TPSA) is 57.6 Å². The van der Waals surface area contributed by atoms with Gasteiger partial charge in [0, 0.05) is 18.6 Å². The first-order chi connectivity index (χ1) is 8.50. The number of rotatable bonds is 2. The average molecular weight is 251 g/mol. The Morgan fingerprint density at radius 1 is 1.17 bits per heavy atom. The summed E-state index contributed by atoms with van der Waals surface area (Å²) in [5.41, 5.74) is -0.131. The minimum absolute atomic E-state index is 0.0142. The normalized spacial score (nSPS) is 42.1. The minimum atomic E-state index is -0.131. The van der Waals surface area contributed by atoms with Gasteiger partial charge in [0.15, 0.2) is 0 Å². The Hall–Kier alpha value is -0.900. The molecule has 0 aromatic rings. The van der Waals surface area contributed by atoms with Crippen molar-refractivity contribution in [2.45, 2.75) is 45.6 Å². The fourth-order valence-electron chi connectivity index (χ4n) is 4.04. The first-order valence-electron chi connectivity index (χ1n) is 6.98. The van der Waals surface area contributed by atoms with Crippen LogP contribution in [-0.2, 0) is 9.59 Å². The summed E-state index contributed by atoms with van der Waals surface area (Å²) in [6.07, 6.45) is 3.94. The molecule has 4 atom stereocenters. The molecule has 1 heterocycles. The second kappa shape index (κ2) is 3.80. The Balaban J connectivity index is 1.82. The number of aliphatic hydroxyl groups excluding tert-OH is 1. The van der Waals surface area contributed by atoms with E-state index in [4.69, 9.17) is 0 Å². The molecule has 4 heteroatoms. The molecule has 3 fully saturated rings. The van der Waals surface area contributed by atoms with Crippen LogP contribution in [0.1, 0.15) is 39.5 Å². The van der Waals surface area contributed by atoms with Crippen molar-refractivity contribution in [3.05, 3.63) is 0 Å². The number of imide groups is 1. The lowest BCUT2D eigenvalue weighted by Crippen LogP contribution is -2.49. The van der Waals surface area contributed by atoms with E-state index in [-0.39, 0.29) is 47.6 Å². The first kappa shape index (κ1) is 12.2. The van der Waals surface area contributed by atoms with E-state index in [1.54, 1.807) is 0 Å². The highest BCUT2D eigenvalue weighted by Gasteiger charge is 2.73. The quantitative estimate of drug-likeness (QED) is 0.750. The van der Waals surface area contributed by atoms with Gasteiger partial charge in [-0.05, 0) is 18.3 Å². The molecule has 1 aliphatic heterocycles. The number of hydrogen-bond donors (Lipinski definition) is 1. The molecule has 2 amide bonds. The monoisotopic (exact) mass is 251 g/mol. The van der Waals surface area contributed by atoms with Crippen molar-refractivity contribution in [3.8, 4) is 0 Å². The Labute approximate surface area is 107 Å². The number of aliphatic hydroxyl groups is 1. The zero-order valence-corrected chi connectivity index (χ0v) is 11.1. The molecule has 0 aromatic heterocycles. The molecular weight excluding hydrogens is 230 g/mol. The highest BCUT2D eigenvalue weighted by atomic mass is 16.3. The molecule has 2 aliphatic carbocycles. The van der Waals surface area contributed by atoms with Crippen LogP contribution in [0.25, 0.3) is 0 Å². The standard InChI is InChI=1S/C14H21NO3/c1-14(2)10-11(14)13(18)15(12(10)17)9-6-4-3-5-8(9)7-16/h8-11,16H,3-7H2,1-2H3. The van der Waals surface area contributed by atoms with Crippen LogP contribution in [0.4, 0.5) is 0 Å². The largest absolute Gasteiger partial charge is 0.396 e. The first-order valence-corrected chi connectivity index (χ1v) is 6.98. The van der Waals surface area contributed by atoms with Gasteiger partial charge < -0.3 is 5.11 Å². The molecule has 100 valence electrons. The van der Waals surface area contributed by atoms with Crippen molar-refractivity contribution in [3.63, 3.8) is 0 Å². The van der Waals surface area contributed by atoms with Crippen LogP contribution in [0.2, 0.25) is 0 Å². The molecule has 1 saturated heterocycles. The minimum Gasteiger partial charge on any atom is -0.396 e. The Morgan fingerprint density at radius 2 is 1.72 bits per heavy atom. The van der Waals surface area contributed by atoms with Crippen molar-refractivity contribution >= 4 is 11.8 Å². The van der Waals surface area contributed by atoms with Crippen molar-refractivity contribution in [2.75, 3.05) is 6.61 Å². The van der Waals surface area contributed by atoms with Crippen molar-refractivity contribution in [1.82, 2.24) is 4.90 Å². The van der Waals surface area contributed by atoms with E-state index in [1.165, 1.54) is 4.90 Å². The van der Waals surface area contributed by atoms with Crippen LogP contribution < -0.4 is 0 Å². The van der Waals surface area contributed by atoms with E-state index in [0.29, 0.717) is 0 Å². The van der Waals surface area contributed by atoms with Crippen LogP contribution in [0.5, 0.6) is 0 Å². The molecular formula is C14H21NO3. The SMILES string of the molecule is CC1(C)C2C(=O)N(C3CCCCC3CO)C(=O)C21. The summed E-state index contributed by atoms with van der Waals surface area (Å²) >= 11 is 0. The maximum Gasteiger partial charge on any atom is 0.233 e. The van der Waals surface area contributed by atoms with Gasteiger partial charge in [0.2, 0.25) is 11.8 Å². The van der Waals surface area contributed by atoms with Gasteiger partial charge in [0.05, 0.1) is 11.8 Å². The summed E-state index contributed by atoms with van der Waals surface area (Å²) in [4.78, 5) is 26.2. The molecule has 1 N–H and O–H groups in total. The lowest BCUT2D eigenvalue weighted by molar-refractivity contribution is -0.148. The van der Waals surface area contributed by atoms with E-state index in [9.17, 15) is 14.7 Å². The maximum atomic E-state index is 12.4. The Kier molecular flexibility index (Phi) is 2.56. The second-order valence-corrected chi connectivity index (χ2v) is 6.62. The lowest BCUT2D eigenvalue weighted by Gasteiger charge is -2.37. The van der Waals surface area contributed by atoms with Gasteiger partial charge in [-0.2, -0.15) is 0 Å². The third-order valence-corrected chi connectivity index (χ3v) is 5.27. The summed E-state index contributed by atoms with van der Waals surface area (Å²) in [5.74, 6) is -0.0644. The maximum absolute atomic E-state index is 12.4. The van der Waals surface area contributed by atoms with Gasteiger partial charge in [-0.15, -0.1) is 0 Å². The number of nitrogens with zero attached hydrogens (tertiary/aromatic N) is 1. The summed E-state index contributed by atoms with van der Waals surface area (Å²) in [6, 6.07) is -0.0488. The van der Waals surface area contributed by atoms with E-state index in [1.807, 2.05) is 13.8 Å². The molecule has 3 rings (SSSR count). The van der Waals surface area contributed by atoms with Gasteiger partial charge >= 0.3 is 0 Å². The van der Waals surface area contributed by atoms with Crippen LogP contribution in [0.15, 0.2) is 0 Å². The van der Waals surface area contributed by atoms with Gasteiger partial charge in [0.1, 0.15) is 0 Å². The smallest absolute Gasteiger partial charge is 0.233 e. The highest BCUT2D eigenvalue weighted by Crippen LogP contribution is 2.64. The van der Waals surface area contributed by atoms with Gasteiger partial charge in [-0.25, -0.2) is 0 Å². The van der Waals surface area contributed by atoms with E-state index >= 15 is 0 Å². The zero-order chi connectivity index (χ0) is 13.1. The number of likely N-dealkylation sites (tertiary alicyclic amines) is 1. The molecule has 0 spiro atoms. The number of hydrogen-bond acceptors (Lipinski definition) is 3. The molecule has 3 aliphatic rings. The van der Waals surface area contributed by atoms with Crippen LogP contribution in [0, 0.1) is 23.2 Å². The fourth-order valence-corrected chi connectivity index (χ4v) is 4.04. The molecule has 2 saturated carbocycles. The van der Waals surface area contributed by atoms with Crippen LogP contribution >= 0.6 is 0 Å². The van der Waals surface area contributed by atoms with Gasteiger partial charge in [-0.3, -0.25) is 14.5 Å². The number of carbonyl (C=O) groups excluding carboxylic acids is 2. The number of fused-ring (bicyclic) bond motifs is 1. The van der Waals surface area contributed by atoms with Crippen molar-refractivity contribution < 1.29 is 14.7 Å². The van der Waals surface area contributed by atoms with Crippen molar-refractivity contribution in [1.29, 1.82) is 0 Å². The molecule has 18 heavy (non-hydrogen) atoms. The molecule has 4 nitrogen and oxygen atoms in total. The third kappa shape index (κ3) is 1.41. The third-order valence-electron chi connectivity index (χ3n) is 5.27. The average Bonchev–Trinajstić information content (AvgIpc) is 2.80. The number of amides is 2. The fraction of sp³-hybridized carbons (Fsp3) is 0.857. The number of carbonyl (C=O) groups is 2. The predicted molar refractivity (Wildman–Crippen MR) is 65.4 cm³/mol. The van der Waals surface area contributed by atoms with E-state index < -0.39 is 0 Å². The highest BCUT2D eigenvalue weighted by molar-refractivity contribution is 6.10. The number of piperidine rings is 1. The van der Waals surface area contributed by atoms with Crippen LogP contribution in [-0.4, -0.2) is 34.5 Å². The second-order valence-electron chi connectivity index (χ2n) is 6.62. The van der Waals surface area contributed by atoms with E-state index in [2.05, 4.69) is 0 Å². The van der Waals surface area contributed by atoms with Gasteiger partial charge in [-0.1, -0.05) is 26.7 Å². The summed E-state index contributed by atoms with van der Waals surface area (Å²) in [5, 5.41) is 9.42. The Morgan fingerprint density at radius 3 is 2.28 bits per heavy atom. The Bertz CT molecular complexity index is 380. The zero-order valence-electron chi connectivity index (χ0n) is 11.1. The molecule has 0 aromatic carbocycles. The summed E-state index contributed by atoms with van der Waals surface area (Å²) in [7, 11) is 0. The lowest BCUT2D eigenvalue weighted by atomic mass is 9.83. The van der Waals surface area contributed by atoms with Crippen molar-refractivity contribution in [2.24, 2.45) is 23.2 Å². The predicted octanol–water partition coefficient (Wildman–Crippen LogP) is 1.18. The summed E-state index contributed by atoms with van der Waals surface area (Å²) < 4.78 is 0. The molecule has 0 bridgehead atoms. The van der Waals surface area contributed by atoms with E-state index in [0.717, 1.165) is 25.7 Å². The van der Waals surface area contributed by atoms with Crippen LogP contribution in [0.3, 0.4) is 0 Å². The molecule has 0 radical (unpaired) electrons. The van der Waals surface area contributed by atoms with Gasteiger partial charge in [0.25, 0.3) is 0 Å². The molecule has 4 unspecified atom stereocenters. The summed E-state index contributed by atoms with van der Waals surface area (Å²) in [6.45, 7) is 4.08.